The number of ether oxygens (including phenoxy) is 1. The van der Waals surface area contributed by atoms with E-state index >= 15 is 0 Å². The Morgan fingerprint density at radius 3 is 3.17 bits per heavy atom. The molecule has 94 valence electrons. The van der Waals surface area contributed by atoms with Crippen molar-refractivity contribution in [2.75, 3.05) is 6.61 Å². The second kappa shape index (κ2) is 5.08. The van der Waals surface area contributed by atoms with Crippen LogP contribution in [0.4, 0.5) is 0 Å². The molecule has 0 amide bonds. The number of nitrogens with two attached hydrogens (primary N) is 1. The van der Waals surface area contributed by atoms with Gasteiger partial charge in [0.05, 0.1) is 12.1 Å². The van der Waals surface area contributed by atoms with Crippen molar-refractivity contribution >= 4 is 11.3 Å². The minimum absolute atomic E-state index is 0.0775. The number of para-hydroxylation sites is 1. The molecule has 1 aliphatic rings. The first kappa shape index (κ1) is 11.7. The van der Waals surface area contributed by atoms with Gasteiger partial charge < -0.3 is 10.5 Å². The highest BCUT2D eigenvalue weighted by atomic mass is 32.1. The van der Waals surface area contributed by atoms with Gasteiger partial charge in [-0.15, -0.1) is 11.3 Å². The Morgan fingerprint density at radius 2 is 2.33 bits per heavy atom. The quantitative estimate of drug-likeness (QED) is 0.922. The summed E-state index contributed by atoms with van der Waals surface area (Å²) in [6.07, 6.45) is 3.88. The number of nitrogens with zero attached hydrogens (tertiary/aromatic N) is 1. The van der Waals surface area contributed by atoms with E-state index < -0.39 is 0 Å². The molecule has 1 aliphatic heterocycles. The molecule has 3 nitrogen and oxygen atoms in total. The molecular weight excluding hydrogens is 244 g/mol. The van der Waals surface area contributed by atoms with E-state index in [0.717, 1.165) is 25.2 Å². The second-order valence-corrected chi connectivity index (χ2v) is 5.54. The van der Waals surface area contributed by atoms with Crippen molar-refractivity contribution in [3.8, 4) is 5.75 Å². The fraction of sp³-hybridized carbons (Fsp3) is 0.357. The third-order valence-corrected chi connectivity index (χ3v) is 4.35. The van der Waals surface area contributed by atoms with E-state index in [1.165, 1.54) is 10.4 Å². The molecule has 0 saturated heterocycles. The first-order valence-corrected chi connectivity index (χ1v) is 7.08. The zero-order chi connectivity index (χ0) is 12.4. The number of fused-ring (bicyclic) bond motifs is 1. The van der Waals surface area contributed by atoms with Gasteiger partial charge in [0.15, 0.2) is 0 Å². The molecule has 0 spiro atoms. The van der Waals surface area contributed by atoms with Gasteiger partial charge in [-0.05, 0) is 30.4 Å². The predicted molar refractivity (Wildman–Crippen MR) is 73.0 cm³/mol. The molecule has 4 heteroatoms. The molecule has 2 N–H and O–H groups in total. The Labute approximate surface area is 111 Å². The van der Waals surface area contributed by atoms with E-state index in [1.54, 1.807) is 11.3 Å². The Kier molecular flexibility index (Phi) is 3.30. The molecule has 1 aromatic carbocycles. The van der Waals surface area contributed by atoms with Crippen molar-refractivity contribution in [2.45, 2.75) is 24.8 Å². The van der Waals surface area contributed by atoms with Crippen LogP contribution in [0.1, 0.15) is 35.2 Å². The van der Waals surface area contributed by atoms with Crippen LogP contribution < -0.4 is 10.5 Å². The van der Waals surface area contributed by atoms with Crippen molar-refractivity contribution < 1.29 is 4.74 Å². The van der Waals surface area contributed by atoms with Crippen molar-refractivity contribution in [3.05, 3.63) is 46.4 Å². The van der Waals surface area contributed by atoms with E-state index in [2.05, 4.69) is 17.1 Å². The van der Waals surface area contributed by atoms with Crippen LogP contribution in [0.3, 0.4) is 0 Å². The van der Waals surface area contributed by atoms with Crippen LogP contribution in [-0.2, 0) is 0 Å². The van der Waals surface area contributed by atoms with E-state index in [-0.39, 0.29) is 6.04 Å². The summed E-state index contributed by atoms with van der Waals surface area (Å²) in [5, 5.41) is 0. The van der Waals surface area contributed by atoms with Crippen LogP contribution in [0.5, 0.6) is 5.75 Å². The SMILES string of the molecule is NC(CC1CCOc2ccccc21)c1cncs1. The van der Waals surface area contributed by atoms with Gasteiger partial charge in [0.1, 0.15) is 5.75 Å². The summed E-state index contributed by atoms with van der Waals surface area (Å²) in [5.74, 6) is 1.51. The van der Waals surface area contributed by atoms with E-state index in [1.807, 2.05) is 23.8 Å². The van der Waals surface area contributed by atoms with Gasteiger partial charge in [0.2, 0.25) is 0 Å². The monoisotopic (exact) mass is 260 g/mol. The standard InChI is InChI=1S/C14H16N2OS/c15-12(14-8-16-9-18-14)7-10-5-6-17-13-4-2-1-3-11(10)13/h1-4,8-10,12H,5-7,15H2. The maximum atomic E-state index is 6.26. The van der Waals surface area contributed by atoms with Crippen molar-refractivity contribution in [1.29, 1.82) is 0 Å². The van der Waals surface area contributed by atoms with E-state index in [4.69, 9.17) is 10.5 Å². The summed E-state index contributed by atoms with van der Waals surface area (Å²) in [6.45, 7) is 0.789. The zero-order valence-electron chi connectivity index (χ0n) is 10.1. The average molecular weight is 260 g/mol. The molecule has 18 heavy (non-hydrogen) atoms. The molecule has 2 atom stereocenters. The number of aromatic nitrogens is 1. The number of rotatable bonds is 3. The minimum atomic E-state index is 0.0775. The predicted octanol–water partition coefficient (Wildman–Crippen LogP) is 3.10. The molecule has 0 radical (unpaired) electrons. The molecular formula is C14H16N2OS. The lowest BCUT2D eigenvalue weighted by Crippen LogP contribution is -2.19. The van der Waals surface area contributed by atoms with Crippen molar-refractivity contribution in [3.63, 3.8) is 0 Å². The van der Waals surface area contributed by atoms with Crippen molar-refractivity contribution in [2.24, 2.45) is 5.73 Å². The largest absolute Gasteiger partial charge is 0.493 e. The summed E-state index contributed by atoms with van der Waals surface area (Å²) >= 11 is 1.63. The van der Waals surface area contributed by atoms with Crippen LogP contribution in [0.15, 0.2) is 36.0 Å². The van der Waals surface area contributed by atoms with Gasteiger partial charge in [-0.2, -0.15) is 0 Å². The summed E-state index contributed by atoms with van der Waals surface area (Å²) in [7, 11) is 0. The smallest absolute Gasteiger partial charge is 0.122 e. The highest BCUT2D eigenvalue weighted by molar-refractivity contribution is 7.09. The Hall–Kier alpha value is -1.39. The van der Waals surface area contributed by atoms with Crippen LogP contribution in [0, 0.1) is 0 Å². The van der Waals surface area contributed by atoms with Gasteiger partial charge in [0.25, 0.3) is 0 Å². The minimum Gasteiger partial charge on any atom is -0.493 e. The van der Waals surface area contributed by atoms with Gasteiger partial charge in [0, 0.05) is 17.1 Å². The Bertz CT molecular complexity index is 512. The fourth-order valence-corrected chi connectivity index (χ4v) is 3.13. The van der Waals surface area contributed by atoms with Gasteiger partial charge in [-0.25, -0.2) is 0 Å². The molecule has 0 bridgehead atoms. The number of thiazole rings is 1. The lowest BCUT2D eigenvalue weighted by atomic mass is 9.87. The highest BCUT2D eigenvalue weighted by Crippen LogP contribution is 2.38. The summed E-state index contributed by atoms with van der Waals surface area (Å²) in [4.78, 5) is 5.26. The number of benzene rings is 1. The van der Waals surface area contributed by atoms with Gasteiger partial charge in [-0.1, -0.05) is 18.2 Å². The number of hydrogen-bond donors (Lipinski definition) is 1. The topological polar surface area (TPSA) is 48.1 Å². The normalized spacial score (nSPS) is 19.9. The van der Waals surface area contributed by atoms with Crippen LogP contribution in [-0.4, -0.2) is 11.6 Å². The summed E-state index contributed by atoms with van der Waals surface area (Å²) in [6, 6.07) is 8.36. The molecule has 2 unspecified atom stereocenters. The second-order valence-electron chi connectivity index (χ2n) is 4.62. The lowest BCUT2D eigenvalue weighted by Gasteiger charge is -2.27. The Morgan fingerprint density at radius 1 is 1.44 bits per heavy atom. The van der Waals surface area contributed by atoms with Crippen LogP contribution in [0.25, 0.3) is 0 Å². The molecule has 0 aliphatic carbocycles. The molecule has 0 fully saturated rings. The number of hydrogen-bond acceptors (Lipinski definition) is 4. The first-order chi connectivity index (χ1) is 8.84. The van der Waals surface area contributed by atoms with Gasteiger partial charge in [-0.3, -0.25) is 4.98 Å². The van der Waals surface area contributed by atoms with E-state index in [0.29, 0.717) is 5.92 Å². The third kappa shape index (κ3) is 2.26. The maximum Gasteiger partial charge on any atom is 0.122 e. The lowest BCUT2D eigenvalue weighted by molar-refractivity contribution is 0.259. The molecule has 1 aromatic heterocycles. The zero-order valence-corrected chi connectivity index (χ0v) is 10.9. The van der Waals surface area contributed by atoms with Crippen LogP contribution >= 0.6 is 11.3 Å². The van der Waals surface area contributed by atoms with Crippen LogP contribution in [0.2, 0.25) is 0 Å². The summed E-state index contributed by atoms with van der Waals surface area (Å²) < 4.78 is 5.68. The molecule has 2 aromatic rings. The van der Waals surface area contributed by atoms with Crippen molar-refractivity contribution in [1.82, 2.24) is 4.98 Å². The molecule has 2 heterocycles. The van der Waals surface area contributed by atoms with E-state index in [9.17, 15) is 0 Å². The highest BCUT2D eigenvalue weighted by Gasteiger charge is 2.23. The molecule has 3 rings (SSSR count). The fourth-order valence-electron chi connectivity index (χ4n) is 2.49. The third-order valence-electron chi connectivity index (χ3n) is 3.44. The first-order valence-electron chi connectivity index (χ1n) is 6.20. The average Bonchev–Trinajstić information content (AvgIpc) is 2.93. The Balaban J connectivity index is 1.78. The van der Waals surface area contributed by atoms with Gasteiger partial charge >= 0.3 is 0 Å². The molecule has 0 saturated carbocycles. The maximum absolute atomic E-state index is 6.26. The summed E-state index contributed by atoms with van der Waals surface area (Å²) in [5.41, 5.74) is 9.39.